The molecule has 3 heteroatoms. The van der Waals surface area contributed by atoms with Crippen LogP contribution in [0, 0.1) is 17.2 Å². The molecule has 2 unspecified atom stereocenters. The monoisotopic (exact) mass is 341 g/mol. The molecule has 1 aliphatic carbocycles. The third-order valence-electron chi connectivity index (χ3n) is 4.48. The maximum Gasteiger partial charge on any atom is 0.137 e. The Bertz CT molecular complexity index is 453. The van der Waals surface area contributed by atoms with E-state index in [1.165, 1.54) is 38.2 Å². The van der Waals surface area contributed by atoms with E-state index in [-0.39, 0.29) is 5.82 Å². The summed E-state index contributed by atoms with van der Waals surface area (Å²) < 4.78 is 13.8. The highest BCUT2D eigenvalue weighted by Gasteiger charge is 2.27. The van der Waals surface area contributed by atoms with Gasteiger partial charge >= 0.3 is 0 Å². The lowest BCUT2D eigenvalue weighted by atomic mass is 9.76. The lowest BCUT2D eigenvalue weighted by Crippen LogP contribution is -2.21. The smallest absolute Gasteiger partial charge is 0.137 e. The minimum atomic E-state index is -0.204. The topological polar surface area (TPSA) is 12.0 Å². The average molecular weight is 342 g/mol. The van der Waals surface area contributed by atoms with Crippen LogP contribution < -0.4 is 5.32 Å². The first kappa shape index (κ1) is 15.8. The highest BCUT2D eigenvalue weighted by atomic mass is 79.9. The first-order chi connectivity index (χ1) is 9.36. The molecule has 0 saturated heterocycles. The molecular formula is C17H25BrFN. The number of hydrogen-bond acceptors (Lipinski definition) is 1. The molecule has 0 aliphatic heterocycles. The maximum absolute atomic E-state index is 13.3. The Hall–Kier alpha value is -0.570. The van der Waals surface area contributed by atoms with E-state index < -0.39 is 0 Å². The molecule has 20 heavy (non-hydrogen) atoms. The molecule has 1 N–H and O–H groups in total. The Kier molecular flexibility index (Phi) is 5.11. The molecule has 0 spiro atoms. The van der Waals surface area contributed by atoms with E-state index in [0.717, 1.165) is 11.6 Å². The van der Waals surface area contributed by atoms with Crippen molar-refractivity contribution in [1.29, 1.82) is 0 Å². The summed E-state index contributed by atoms with van der Waals surface area (Å²) in [4.78, 5) is 0. The average Bonchev–Trinajstić information content (AvgIpc) is 2.59. The van der Waals surface area contributed by atoms with Crippen molar-refractivity contribution in [2.45, 2.75) is 58.9 Å². The zero-order chi connectivity index (χ0) is 14.8. The molecule has 2 rings (SSSR count). The van der Waals surface area contributed by atoms with Crippen LogP contribution in [0.2, 0.25) is 0 Å². The van der Waals surface area contributed by atoms with E-state index in [9.17, 15) is 4.39 Å². The molecule has 1 nitrogen and oxygen atoms in total. The molecule has 0 amide bonds. The van der Waals surface area contributed by atoms with Gasteiger partial charge in [-0.15, -0.1) is 0 Å². The van der Waals surface area contributed by atoms with E-state index in [1.807, 2.05) is 12.1 Å². The molecule has 0 bridgehead atoms. The fourth-order valence-electron chi connectivity index (χ4n) is 3.13. The Morgan fingerprint density at radius 1 is 1.15 bits per heavy atom. The van der Waals surface area contributed by atoms with Crippen LogP contribution in [0.1, 0.15) is 52.9 Å². The zero-order valence-corrected chi connectivity index (χ0v) is 14.3. The van der Waals surface area contributed by atoms with Crippen LogP contribution in [0.5, 0.6) is 0 Å². The molecule has 2 atom stereocenters. The lowest BCUT2D eigenvalue weighted by molar-refractivity contribution is 0.214. The molecule has 0 aromatic heterocycles. The van der Waals surface area contributed by atoms with Gasteiger partial charge in [-0.1, -0.05) is 27.2 Å². The van der Waals surface area contributed by atoms with Crippen molar-refractivity contribution < 1.29 is 4.39 Å². The van der Waals surface area contributed by atoms with Gasteiger partial charge in [-0.05, 0) is 71.1 Å². The summed E-state index contributed by atoms with van der Waals surface area (Å²) in [5, 5.41) is 3.56. The summed E-state index contributed by atoms with van der Waals surface area (Å²) in [5.74, 6) is 0.610. The van der Waals surface area contributed by atoms with Gasteiger partial charge in [0.05, 0.1) is 4.47 Å². The molecule has 1 aliphatic rings. The fourth-order valence-corrected chi connectivity index (χ4v) is 3.51. The van der Waals surface area contributed by atoms with Crippen molar-refractivity contribution in [3.05, 3.63) is 28.5 Å². The maximum atomic E-state index is 13.3. The van der Waals surface area contributed by atoms with Gasteiger partial charge in [0.25, 0.3) is 0 Å². The summed E-state index contributed by atoms with van der Waals surface area (Å²) in [7, 11) is 0. The molecule has 0 heterocycles. The zero-order valence-electron chi connectivity index (χ0n) is 12.7. The van der Waals surface area contributed by atoms with Crippen LogP contribution in [0.3, 0.4) is 0 Å². The van der Waals surface area contributed by atoms with E-state index >= 15 is 0 Å². The largest absolute Gasteiger partial charge is 0.382 e. The van der Waals surface area contributed by atoms with Gasteiger partial charge in [0, 0.05) is 11.7 Å². The third-order valence-corrected chi connectivity index (χ3v) is 5.09. The highest BCUT2D eigenvalue weighted by molar-refractivity contribution is 9.10. The van der Waals surface area contributed by atoms with Gasteiger partial charge in [-0.25, -0.2) is 4.39 Å². The summed E-state index contributed by atoms with van der Waals surface area (Å²) in [5.41, 5.74) is 1.42. The first-order valence-corrected chi connectivity index (χ1v) is 8.37. The summed E-state index contributed by atoms with van der Waals surface area (Å²) in [6.07, 6.45) is 6.30. The van der Waals surface area contributed by atoms with E-state index in [0.29, 0.717) is 15.9 Å². The Balaban J connectivity index is 1.95. The standard InChI is InChI=1S/C17H25BrFN/c1-17(2,3)12-5-4-6-13(8-7-12)20-14-9-10-16(19)15(18)11-14/h9-13,20H,4-8H2,1-3H3. The third kappa shape index (κ3) is 4.21. The van der Waals surface area contributed by atoms with Crippen molar-refractivity contribution in [1.82, 2.24) is 0 Å². The summed E-state index contributed by atoms with van der Waals surface area (Å²) in [6, 6.07) is 5.69. The lowest BCUT2D eigenvalue weighted by Gasteiger charge is -2.29. The van der Waals surface area contributed by atoms with Crippen LogP contribution in [0.15, 0.2) is 22.7 Å². The van der Waals surface area contributed by atoms with Crippen molar-refractivity contribution in [2.24, 2.45) is 11.3 Å². The second kappa shape index (κ2) is 6.46. The van der Waals surface area contributed by atoms with Crippen molar-refractivity contribution in [2.75, 3.05) is 5.32 Å². The minimum absolute atomic E-state index is 0.204. The minimum Gasteiger partial charge on any atom is -0.382 e. The molecule has 1 saturated carbocycles. The highest BCUT2D eigenvalue weighted by Crippen LogP contribution is 2.37. The van der Waals surface area contributed by atoms with Gasteiger partial charge in [0.2, 0.25) is 0 Å². The van der Waals surface area contributed by atoms with Gasteiger partial charge in [0.1, 0.15) is 5.82 Å². The Morgan fingerprint density at radius 3 is 2.55 bits per heavy atom. The van der Waals surface area contributed by atoms with E-state index in [4.69, 9.17) is 0 Å². The van der Waals surface area contributed by atoms with Crippen LogP contribution in [0.25, 0.3) is 0 Å². The number of nitrogens with one attached hydrogen (secondary N) is 1. The number of anilines is 1. The predicted octanol–water partition coefficient (Wildman–Crippen LogP) is 6.00. The van der Waals surface area contributed by atoms with Crippen LogP contribution in [0.4, 0.5) is 10.1 Å². The van der Waals surface area contributed by atoms with Crippen LogP contribution in [-0.2, 0) is 0 Å². The van der Waals surface area contributed by atoms with Crippen LogP contribution >= 0.6 is 15.9 Å². The van der Waals surface area contributed by atoms with Gasteiger partial charge in [-0.2, -0.15) is 0 Å². The number of rotatable bonds is 2. The van der Waals surface area contributed by atoms with Gasteiger partial charge in [0.15, 0.2) is 0 Å². The SMILES string of the molecule is CC(C)(C)C1CCCC(Nc2ccc(F)c(Br)c2)CC1. The number of halogens is 2. The predicted molar refractivity (Wildman–Crippen MR) is 87.5 cm³/mol. The van der Waals surface area contributed by atoms with Gasteiger partial charge < -0.3 is 5.32 Å². The Morgan fingerprint density at radius 2 is 1.90 bits per heavy atom. The van der Waals surface area contributed by atoms with Crippen LogP contribution in [-0.4, -0.2) is 6.04 Å². The second-order valence-corrected chi connectivity index (χ2v) is 7.90. The molecule has 0 radical (unpaired) electrons. The molecule has 112 valence electrons. The molecule has 1 aromatic rings. The number of hydrogen-bond donors (Lipinski definition) is 1. The summed E-state index contributed by atoms with van der Waals surface area (Å²) in [6.45, 7) is 7.05. The van der Waals surface area contributed by atoms with Crippen molar-refractivity contribution >= 4 is 21.6 Å². The molecule has 1 fully saturated rings. The first-order valence-electron chi connectivity index (χ1n) is 7.58. The normalized spacial score (nSPS) is 24.2. The second-order valence-electron chi connectivity index (χ2n) is 7.04. The van der Waals surface area contributed by atoms with E-state index in [1.54, 1.807) is 0 Å². The Labute approximate surface area is 130 Å². The molecular weight excluding hydrogens is 317 g/mol. The summed E-state index contributed by atoms with van der Waals surface area (Å²) >= 11 is 3.25. The number of benzene rings is 1. The van der Waals surface area contributed by atoms with Crippen molar-refractivity contribution in [3.8, 4) is 0 Å². The molecule has 1 aromatic carbocycles. The van der Waals surface area contributed by atoms with Gasteiger partial charge in [-0.3, -0.25) is 0 Å². The van der Waals surface area contributed by atoms with Crippen molar-refractivity contribution in [3.63, 3.8) is 0 Å². The van der Waals surface area contributed by atoms with E-state index in [2.05, 4.69) is 42.0 Å². The fraction of sp³-hybridized carbons (Fsp3) is 0.647. The quantitative estimate of drug-likeness (QED) is 0.651.